The van der Waals surface area contributed by atoms with Crippen molar-refractivity contribution in [2.24, 2.45) is 0 Å². The molecule has 1 aliphatic rings. The van der Waals surface area contributed by atoms with E-state index in [2.05, 4.69) is 31.3 Å². The Kier molecular flexibility index (Phi) is 5.64. The second-order valence-electron chi connectivity index (χ2n) is 6.25. The van der Waals surface area contributed by atoms with Crippen molar-refractivity contribution in [3.8, 4) is 0 Å². The first kappa shape index (κ1) is 19.5. The van der Waals surface area contributed by atoms with Gasteiger partial charge in [-0.3, -0.25) is 9.59 Å². The fourth-order valence-electron chi connectivity index (χ4n) is 2.37. The Morgan fingerprint density at radius 3 is 2.15 bits per heavy atom. The van der Waals surface area contributed by atoms with E-state index in [1.54, 1.807) is 24.3 Å². The van der Waals surface area contributed by atoms with Gasteiger partial charge in [0.15, 0.2) is 0 Å². The van der Waals surface area contributed by atoms with Crippen molar-refractivity contribution in [3.05, 3.63) is 52.5 Å². The van der Waals surface area contributed by atoms with Crippen LogP contribution in [0.2, 0.25) is 0 Å². The second kappa shape index (κ2) is 7.79. The van der Waals surface area contributed by atoms with Crippen LogP contribution in [0.15, 0.2) is 51.8 Å². The zero-order valence-corrected chi connectivity index (χ0v) is 16.9. The highest BCUT2D eigenvalue weighted by molar-refractivity contribution is 9.10. The number of halogens is 1. The van der Waals surface area contributed by atoms with Gasteiger partial charge >= 0.3 is 0 Å². The third-order valence-corrected chi connectivity index (χ3v) is 6.06. The lowest BCUT2D eigenvalue weighted by atomic mass is 10.2. The Balaban J connectivity index is 1.77. The van der Waals surface area contributed by atoms with E-state index >= 15 is 0 Å². The molecule has 0 unspecified atom stereocenters. The van der Waals surface area contributed by atoms with Gasteiger partial charge < -0.3 is 10.6 Å². The van der Waals surface area contributed by atoms with Gasteiger partial charge in [0.1, 0.15) is 0 Å². The van der Waals surface area contributed by atoms with E-state index in [9.17, 15) is 18.0 Å². The van der Waals surface area contributed by atoms with Crippen LogP contribution in [-0.2, 0) is 14.8 Å². The maximum absolute atomic E-state index is 12.6. The number of amides is 2. The summed E-state index contributed by atoms with van der Waals surface area (Å²) in [5.74, 6) is -0.633. The van der Waals surface area contributed by atoms with Crippen molar-refractivity contribution in [1.29, 1.82) is 0 Å². The van der Waals surface area contributed by atoms with E-state index in [0.29, 0.717) is 15.8 Å². The molecular weight excluding hydrogens is 434 g/mol. The van der Waals surface area contributed by atoms with Crippen molar-refractivity contribution < 1.29 is 18.0 Å². The molecule has 1 saturated carbocycles. The third kappa shape index (κ3) is 5.15. The summed E-state index contributed by atoms with van der Waals surface area (Å²) < 4.78 is 27.8. The van der Waals surface area contributed by atoms with E-state index in [-0.39, 0.29) is 22.4 Å². The Morgan fingerprint density at radius 2 is 1.59 bits per heavy atom. The molecule has 0 aliphatic heterocycles. The molecule has 1 aliphatic carbocycles. The van der Waals surface area contributed by atoms with Crippen molar-refractivity contribution in [1.82, 2.24) is 4.72 Å². The van der Waals surface area contributed by atoms with Crippen molar-refractivity contribution >= 4 is 49.1 Å². The van der Waals surface area contributed by atoms with E-state index in [4.69, 9.17) is 0 Å². The Hall–Kier alpha value is -2.23. The SMILES string of the molecule is CC(=O)Nc1ccc(NC(=O)c2cc(S(=O)(=O)NC3CC3)ccc2Br)cc1. The number of hydrogen-bond acceptors (Lipinski definition) is 4. The summed E-state index contributed by atoms with van der Waals surface area (Å²) in [6.07, 6.45) is 1.66. The number of anilines is 2. The van der Waals surface area contributed by atoms with Crippen LogP contribution in [0.4, 0.5) is 11.4 Å². The van der Waals surface area contributed by atoms with Crippen molar-refractivity contribution in [2.45, 2.75) is 30.7 Å². The number of hydrogen-bond donors (Lipinski definition) is 3. The summed E-state index contributed by atoms with van der Waals surface area (Å²) in [4.78, 5) is 23.7. The largest absolute Gasteiger partial charge is 0.326 e. The number of carbonyl (C=O) groups is 2. The molecular formula is C18H18BrN3O4S. The number of sulfonamides is 1. The molecule has 0 atom stereocenters. The molecule has 0 aromatic heterocycles. The molecule has 2 aromatic rings. The van der Waals surface area contributed by atoms with Crippen LogP contribution in [0, 0.1) is 0 Å². The molecule has 2 aromatic carbocycles. The summed E-state index contributed by atoms with van der Waals surface area (Å²) >= 11 is 3.29. The molecule has 0 radical (unpaired) electrons. The van der Waals surface area contributed by atoms with Crippen LogP contribution in [0.25, 0.3) is 0 Å². The lowest BCUT2D eigenvalue weighted by molar-refractivity contribution is -0.114. The minimum Gasteiger partial charge on any atom is -0.326 e. The fourth-order valence-corrected chi connectivity index (χ4v) is 4.13. The molecule has 7 nitrogen and oxygen atoms in total. The van der Waals surface area contributed by atoms with Crippen LogP contribution >= 0.6 is 15.9 Å². The topological polar surface area (TPSA) is 104 Å². The lowest BCUT2D eigenvalue weighted by Gasteiger charge is -2.11. The second-order valence-corrected chi connectivity index (χ2v) is 8.82. The maximum atomic E-state index is 12.6. The number of nitrogens with one attached hydrogen (secondary N) is 3. The first-order valence-corrected chi connectivity index (χ1v) is 10.5. The summed E-state index contributed by atoms with van der Waals surface area (Å²) in [7, 11) is -3.65. The van der Waals surface area contributed by atoms with Gasteiger partial charge in [0.25, 0.3) is 5.91 Å². The van der Waals surface area contributed by atoms with Gasteiger partial charge in [-0.05, 0) is 71.2 Å². The van der Waals surface area contributed by atoms with Crippen molar-refractivity contribution in [3.63, 3.8) is 0 Å². The minimum absolute atomic E-state index is 0.0157. The van der Waals surface area contributed by atoms with Gasteiger partial charge in [-0.15, -0.1) is 0 Å². The zero-order chi connectivity index (χ0) is 19.6. The first-order chi connectivity index (χ1) is 12.7. The van der Waals surface area contributed by atoms with Gasteiger partial charge in [0.05, 0.1) is 10.5 Å². The van der Waals surface area contributed by atoms with Crippen molar-refractivity contribution in [2.75, 3.05) is 10.6 Å². The normalized spacial score (nSPS) is 13.9. The van der Waals surface area contributed by atoms with Gasteiger partial charge in [-0.1, -0.05) is 0 Å². The highest BCUT2D eigenvalue weighted by Crippen LogP contribution is 2.26. The number of carbonyl (C=O) groups excluding carboxylic acids is 2. The molecule has 1 fully saturated rings. The average molecular weight is 452 g/mol. The van der Waals surface area contributed by atoms with E-state index in [1.807, 2.05) is 0 Å². The molecule has 0 spiro atoms. The summed E-state index contributed by atoms with van der Waals surface area (Å²) in [5.41, 5.74) is 1.34. The summed E-state index contributed by atoms with van der Waals surface area (Å²) in [6, 6.07) is 10.9. The van der Waals surface area contributed by atoms with Gasteiger partial charge in [0, 0.05) is 28.8 Å². The van der Waals surface area contributed by atoms with Crippen LogP contribution in [0.5, 0.6) is 0 Å². The molecule has 0 heterocycles. The molecule has 3 N–H and O–H groups in total. The van der Waals surface area contributed by atoms with Crippen LogP contribution < -0.4 is 15.4 Å². The molecule has 142 valence electrons. The summed E-state index contributed by atoms with van der Waals surface area (Å²) in [6.45, 7) is 1.41. The highest BCUT2D eigenvalue weighted by Gasteiger charge is 2.28. The summed E-state index contributed by atoms with van der Waals surface area (Å²) in [5, 5.41) is 5.35. The minimum atomic E-state index is -3.65. The fraction of sp³-hybridized carbons (Fsp3) is 0.222. The van der Waals surface area contributed by atoms with E-state index < -0.39 is 15.9 Å². The Morgan fingerprint density at radius 1 is 1.00 bits per heavy atom. The highest BCUT2D eigenvalue weighted by atomic mass is 79.9. The maximum Gasteiger partial charge on any atom is 0.256 e. The smallest absolute Gasteiger partial charge is 0.256 e. The third-order valence-electron chi connectivity index (χ3n) is 3.86. The van der Waals surface area contributed by atoms with E-state index in [1.165, 1.54) is 25.1 Å². The molecule has 3 rings (SSSR count). The molecule has 0 saturated heterocycles. The van der Waals surface area contributed by atoms with Crippen LogP contribution in [0.1, 0.15) is 30.1 Å². The quantitative estimate of drug-likeness (QED) is 0.627. The predicted molar refractivity (Wildman–Crippen MR) is 106 cm³/mol. The molecule has 9 heteroatoms. The first-order valence-electron chi connectivity index (χ1n) is 8.25. The molecule has 27 heavy (non-hydrogen) atoms. The van der Waals surface area contributed by atoms with Crippen LogP contribution in [-0.4, -0.2) is 26.3 Å². The van der Waals surface area contributed by atoms with E-state index in [0.717, 1.165) is 12.8 Å². The molecule has 2 amide bonds. The number of rotatable bonds is 6. The Labute approximate surface area is 165 Å². The predicted octanol–water partition coefficient (Wildman–Crippen LogP) is 3.10. The number of benzene rings is 2. The monoisotopic (exact) mass is 451 g/mol. The zero-order valence-electron chi connectivity index (χ0n) is 14.5. The lowest BCUT2D eigenvalue weighted by Crippen LogP contribution is -2.26. The van der Waals surface area contributed by atoms with Crippen LogP contribution in [0.3, 0.4) is 0 Å². The van der Waals surface area contributed by atoms with Gasteiger partial charge in [0.2, 0.25) is 15.9 Å². The van der Waals surface area contributed by atoms with Gasteiger partial charge in [-0.2, -0.15) is 0 Å². The average Bonchev–Trinajstić information content (AvgIpc) is 3.39. The van der Waals surface area contributed by atoms with Gasteiger partial charge in [-0.25, -0.2) is 13.1 Å². The molecule has 0 bridgehead atoms. The standard InChI is InChI=1S/C18H18BrN3O4S/c1-11(23)20-12-2-4-13(5-3-12)21-18(24)16-10-15(8-9-17(16)19)27(25,26)22-14-6-7-14/h2-5,8-10,14,22H,6-7H2,1H3,(H,20,23)(H,21,24). The Bertz CT molecular complexity index is 986.